The zero-order valence-electron chi connectivity index (χ0n) is 10.5. The van der Waals surface area contributed by atoms with Crippen LogP contribution in [0.1, 0.15) is 22.9 Å². The third-order valence-corrected chi connectivity index (χ3v) is 3.56. The summed E-state index contributed by atoms with van der Waals surface area (Å²) in [4.78, 5) is 0. The first kappa shape index (κ1) is 13.1. The predicted octanol–water partition coefficient (Wildman–Crippen LogP) is 2.58. The van der Waals surface area contributed by atoms with E-state index < -0.39 is 6.10 Å². The van der Waals surface area contributed by atoms with Crippen molar-refractivity contribution >= 4 is 15.9 Å². The maximum Gasteiger partial charge on any atom is 0.122 e. The highest BCUT2D eigenvalue weighted by molar-refractivity contribution is 9.10. The highest BCUT2D eigenvalue weighted by Gasteiger charge is 2.18. The molecular weight excluding hydrogens is 296 g/mol. The summed E-state index contributed by atoms with van der Waals surface area (Å²) < 4.78 is 7.71. The first-order valence-corrected chi connectivity index (χ1v) is 6.34. The Bertz CT molecular complexity index is 547. The highest BCUT2D eigenvalue weighted by atomic mass is 79.9. The molecule has 1 aromatic heterocycles. The highest BCUT2D eigenvalue weighted by Crippen LogP contribution is 2.30. The Hall–Kier alpha value is -1.33. The smallest absolute Gasteiger partial charge is 0.122 e. The Morgan fingerprint density at radius 2 is 2.17 bits per heavy atom. The maximum atomic E-state index is 10.4. The van der Waals surface area contributed by atoms with Gasteiger partial charge in [0.2, 0.25) is 0 Å². The summed E-state index contributed by atoms with van der Waals surface area (Å²) in [7, 11) is 3.42. The minimum atomic E-state index is -0.735. The molecule has 1 heterocycles. The molecular formula is C13H15BrN2O2. The fraction of sp³-hybridized carbons (Fsp3) is 0.308. The summed E-state index contributed by atoms with van der Waals surface area (Å²) in [6.07, 6.45) is 0.936. The van der Waals surface area contributed by atoms with Gasteiger partial charge in [-0.25, -0.2) is 0 Å². The number of aromatic nitrogens is 2. The molecule has 1 atom stereocenters. The molecule has 0 saturated carbocycles. The Labute approximate surface area is 114 Å². The van der Waals surface area contributed by atoms with Crippen molar-refractivity contribution in [3.63, 3.8) is 0 Å². The van der Waals surface area contributed by atoms with E-state index in [1.54, 1.807) is 25.0 Å². The van der Waals surface area contributed by atoms with Crippen LogP contribution in [0.25, 0.3) is 0 Å². The van der Waals surface area contributed by atoms with E-state index in [0.29, 0.717) is 0 Å². The van der Waals surface area contributed by atoms with Gasteiger partial charge in [-0.3, -0.25) is 4.68 Å². The maximum absolute atomic E-state index is 10.4. The zero-order valence-corrected chi connectivity index (χ0v) is 12.1. The van der Waals surface area contributed by atoms with Crippen molar-refractivity contribution in [2.75, 3.05) is 7.11 Å². The number of halogens is 1. The minimum absolute atomic E-state index is 0.723. The van der Waals surface area contributed by atoms with Gasteiger partial charge in [0, 0.05) is 7.05 Å². The van der Waals surface area contributed by atoms with Crippen LogP contribution in [0.4, 0.5) is 0 Å². The van der Waals surface area contributed by atoms with Gasteiger partial charge in [0.25, 0.3) is 0 Å². The molecule has 1 unspecified atom stereocenters. The van der Waals surface area contributed by atoms with Crippen molar-refractivity contribution in [3.05, 3.63) is 45.7 Å². The molecule has 0 bridgehead atoms. The second-order valence-electron chi connectivity index (χ2n) is 4.13. The summed E-state index contributed by atoms with van der Waals surface area (Å²) in [6, 6.07) is 5.67. The van der Waals surface area contributed by atoms with Gasteiger partial charge < -0.3 is 9.84 Å². The first-order chi connectivity index (χ1) is 8.54. The number of nitrogens with zero attached hydrogens (tertiary/aromatic N) is 2. The fourth-order valence-electron chi connectivity index (χ4n) is 1.89. The Kier molecular flexibility index (Phi) is 3.73. The normalized spacial score (nSPS) is 12.5. The van der Waals surface area contributed by atoms with Gasteiger partial charge in [0.1, 0.15) is 11.9 Å². The lowest BCUT2D eigenvalue weighted by molar-refractivity contribution is 0.208. The number of benzene rings is 1. The van der Waals surface area contributed by atoms with Crippen LogP contribution in [0.15, 0.2) is 28.9 Å². The van der Waals surface area contributed by atoms with E-state index in [2.05, 4.69) is 21.0 Å². The summed E-state index contributed by atoms with van der Waals surface area (Å²) in [6.45, 7) is 1.97. The third-order valence-electron chi connectivity index (χ3n) is 2.94. The summed E-state index contributed by atoms with van der Waals surface area (Å²) >= 11 is 3.39. The molecule has 1 aromatic carbocycles. The van der Waals surface area contributed by atoms with E-state index >= 15 is 0 Å². The van der Waals surface area contributed by atoms with Crippen LogP contribution in [0.2, 0.25) is 0 Å². The molecule has 0 aliphatic carbocycles. The van der Waals surface area contributed by atoms with Crippen molar-refractivity contribution < 1.29 is 9.84 Å². The lowest BCUT2D eigenvalue weighted by Crippen LogP contribution is -2.07. The van der Waals surface area contributed by atoms with E-state index in [1.165, 1.54) is 0 Å². The number of rotatable bonds is 3. The molecule has 0 spiro atoms. The number of aliphatic hydroxyl groups excluding tert-OH is 1. The number of aliphatic hydroxyl groups is 1. The molecule has 0 aliphatic rings. The van der Waals surface area contributed by atoms with Crippen LogP contribution < -0.4 is 4.74 Å². The number of hydrogen-bond donors (Lipinski definition) is 1. The molecule has 2 rings (SSSR count). The Morgan fingerprint density at radius 1 is 1.44 bits per heavy atom. The molecule has 4 nitrogen and oxygen atoms in total. The first-order valence-electron chi connectivity index (χ1n) is 5.54. The Balaban J connectivity index is 2.43. The van der Waals surface area contributed by atoms with Gasteiger partial charge in [0.05, 0.1) is 23.5 Å². The quantitative estimate of drug-likeness (QED) is 0.948. The van der Waals surface area contributed by atoms with Crippen LogP contribution in [-0.2, 0) is 7.05 Å². The molecule has 0 radical (unpaired) electrons. The van der Waals surface area contributed by atoms with Gasteiger partial charge in [-0.1, -0.05) is 12.1 Å². The standard InChI is InChI=1S/C13H15BrN2O2/c1-8-4-5-9(6-11(8)18-3)13(17)12-10(14)7-15-16(12)2/h4-7,13,17H,1-3H3. The zero-order chi connectivity index (χ0) is 13.3. The van der Waals surface area contributed by atoms with Crippen LogP contribution in [-0.4, -0.2) is 22.0 Å². The molecule has 2 aromatic rings. The minimum Gasteiger partial charge on any atom is -0.496 e. The topological polar surface area (TPSA) is 47.3 Å². The van der Waals surface area contributed by atoms with E-state index in [0.717, 1.165) is 27.0 Å². The van der Waals surface area contributed by atoms with E-state index in [4.69, 9.17) is 4.74 Å². The van der Waals surface area contributed by atoms with Crippen LogP contribution in [0.5, 0.6) is 5.75 Å². The summed E-state index contributed by atoms with van der Waals surface area (Å²) in [5.74, 6) is 0.768. The third kappa shape index (κ3) is 2.28. The fourth-order valence-corrected chi connectivity index (χ4v) is 2.46. The van der Waals surface area contributed by atoms with Crippen molar-refractivity contribution in [2.24, 2.45) is 7.05 Å². The van der Waals surface area contributed by atoms with Gasteiger partial charge in [-0.15, -0.1) is 0 Å². The lowest BCUT2D eigenvalue weighted by Gasteiger charge is -2.14. The van der Waals surface area contributed by atoms with E-state index in [-0.39, 0.29) is 0 Å². The molecule has 0 fully saturated rings. The number of aryl methyl sites for hydroxylation is 2. The van der Waals surface area contributed by atoms with Gasteiger partial charge in [-0.05, 0) is 40.0 Å². The monoisotopic (exact) mass is 310 g/mol. The van der Waals surface area contributed by atoms with Crippen LogP contribution in [0.3, 0.4) is 0 Å². The Morgan fingerprint density at radius 3 is 2.72 bits per heavy atom. The molecule has 18 heavy (non-hydrogen) atoms. The van der Waals surface area contributed by atoms with Crippen molar-refractivity contribution in [3.8, 4) is 5.75 Å². The summed E-state index contributed by atoms with van der Waals surface area (Å²) in [5, 5.41) is 14.5. The van der Waals surface area contributed by atoms with Crippen molar-refractivity contribution in [2.45, 2.75) is 13.0 Å². The van der Waals surface area contributed by atoms with Crippen LogP contribution in [0, 0.1) is 6.92 Å². The average molecular weight is 311 g/mol. The van der Waals surface area contributed by atoms with Crippen molar-refractivity contribution in [1.29, 1.82) is 0 Å². The van der Waals surface area contributed by atoms with Crippen molar-refractivity contribution in [1.82, 2.24) is 9.78 Å². The molecule has 0 amide bonds. The van der Waals surface area contributed by atoms with Gasteiger partial charge in [0.15, 0.2) is 0 Å². The molecule has 0 aliphatic heterocycles. The SMILES string of the molecule is COc1cc(C(O)c2c(Br)cnn2C)ccc1C. The molecule has 96 valence electrons. The van der Waals surface area contributed by atoms with Gasteiger partial charge in [-0.2, -0.15) is 5.10 Å². The average Bonchev–Trinajstić information content (AvgIpc) is 2.69. The number of ether oxygens (including phenoxy) is 1. The largest absolute Gasteiger partial charge is 0.496 e. The van der Waals surface area contributed by atoms with Crippen LogP contribution >= 0.6 is 15.9 Å². The number of methoxy groups -OCH3 is 1. The second kappa shape index (κ2) is 5.12. The van der Waals surface area contributed by atoms with E-state index in [9.17, 15) is 5.11 Å². The van der Waals surface area contributed by atoms with E-state index in [1.807, 2.05) is 25.1 Å². The second-order valence-corrected chi connectivity index (χ2v) is 4.99. The van der Waals surface area contributed by atoms with Gasteiger partial charge >= 0.3 is 0 Å². The molecule has 5 heteroatoms. The predicted molar refractivity (Wildman–Crippen MR) is 72.7 cm³/mol. The number of hydrogen-bond acceptors (Lipinski definition) is 3. The molecule has 1 N–H and O–H groups in total. The summed E-state index contributed by atoms with van der Waals surface area (Å²) in [5.41, 5.74) is 2.54. The lowest BCUT2D eigenvalue weighted by atomic mass is 10.0. The molecule has 0 saturated heterocycles.